The van der Waals surface area contributed by atoms with E-state index in [2.05, 4.69) is 10.6 Å². The van der Waals surface area contributed by atoms with Crippen molar-refractivity contribution in [1.29, 1.82) is 0 Å². The minimum Gasteiger partial charge on any atom is -0.497 e. The molecule has 0 heterocycles. The van der Waals surface area contributed by atoms with Crippen LogP contribution < -0.4 is 20.1 Å². The van der Waals surface area contributed by atoms with Gasteiger partial charge in [-0.05, 0) is 42.3 Å². The predicted molar refractivity (Wildman–Crippen MR) is 105 cm³/mol. The Labute approximate surface area is 159 Å². The molecule has 0 atom stereocenters. The average Bonchev–Trinajstić information content (AvgIpc) is 2.66. The highest BCUT2D eigenvalue weighted by molar-refractivity contribution is 5.90. The van der Waals surface area contributed by atoms with E-state index in [1.807, 2.05) is 31.2 Å². The first-order chi connectivity index (χ1) is 13.0. The van der Waals surface area contributed by atoms with Crippen LogP contribution >= 0.6 is 0 Å². The highest BCUT2D eigenvalue weighted by Crippen LogP contribution is 2.24. The van der Waals surface area contributed by atoms with Crippen LogP contribution in [-0.2, 0) is 22.6 Å². The van der Waals surface area contributed by atoms with E-state index in [0.717, 1.165) is 23.2 Å². The SMILES string of the molecule is CCCC(=O)Nc1cccc(CNC(=O)Cc2cc(OC)ccc2OC)c1. The van der Waals surface area contributed by atoms with Gasteiger partial charge >= 0.3 is 0 Å². The van der Waals surface area contributed by atoms with Crippen LogP contribution in [0.1, 0.15) is 30.9 Å². The Kier molecular flexibility index (Phi) is 7.67. The maximum Gasteiger partial charge on any atom is 0.224 e. The highest BCUT2D eigenvalue weighted by atomic mass is 16.5. The zero-order valence-electron chi connectivity index (χ0n) is 16.0. The molecule has 2 N–H and O–H groups in total. The number of carbonyl (C=O) groups is 2. The largest absolute Gasteiger partial charge is 0.497 e. The lowest BCUT2D eigenvalue weighted by Crippen LogP contribution is -2.24. The van der Waals surface area contributed by atoms with Crippen molar-refractivity contribution >= 4 is 17.5 Å². The second-order valence-corrected chi connectivity index (χ2v) is 6.13. The molecule has 2 aromatic rings. The minimum atomic E-state index is -0.123. The molecule has 0 aliphatic carbocycles. The Bertz CT molecular complexity index is 790. The normalized spacial score (nSPS) is 10.2. The summed E-state index contributed by atoms with van der Waals surface area (Å²) >= 11 is 0. The zero-order chi connectivity index (χ0) is 19.6. The molecular formula is C21H26N2O4. The molecule has 0 fully saturated rings. The van der Waals surface area contributed by atoms with E-state index in [9.17, 15) is 9.59 Å². The smallest absolute Gasteiger partial charge is 0.224 e. The fraction of sp³-hybridized carbons (Fsp3) is 0.333. The van der Waals surface area contributed by atoms with Gasteiger partial charge in [0.1, 0.15) is 11.5 Å². The number of carbonyl (C=O) groups excluding carboxylic acids is 2. The van der Waals surface area contributed by atoms with Crippen LogP contribution in [0.3, 0.4) is 0 Å². The number of benzene rings is 2. The number of amides is 2. The van der Waals surface area contributed by atoms with Gasteiger partial charge in [-0.15, -0.1) is 0 Å². The van der Waals surface area contributed by atoms with Crippen molar-refractivity contribution in [1.82, 2.24) is 5.32 Å². The van der Waals surface area contributed by atoms with Crippen LogP contribution in [0.25, 0.3) is 0 Å². The first kappa shape index (κ1) is 20.3. The van der Waals surface area contributed by atoms with Crippen LogP contribution in [0.15, 0.2) is 42.5 Å². The minimum absolute atomic E-state index is 0.0104. The second-order valence-electron chi connectivity index (χ2n) is 6.13. The van der Waals surface area contributed by atoms with Crippen LogP contribution in [0, 0.1) is 0 Å². The Balaban J connectivity index is 1.95. The molecule has 0 aliphatic heterocycles. The molecule has 2 amide bonds. The number of ether oxygens (including phenoxy) is 2. The lowest BCUT2D eigenvalue weighted by molar-refractivity contribution is -0.120. The summed E-state index contributed by atoms with van der Waals surface area (Å²) in [6.45, 7) is 2.34. The standard InChI is InChI=1S/C21H26N2O4/c1-4-6-20(24)23-17-8-5-7-15(11-17)14-22-21(25)13-16-12-18(26-2)9-10-19(16)27-3/h5,7-12H,4,6,13-14H2,1-3H3,(H,22,25)(H,23,24). The number of nitrogens with one attached hydrogen (secondary N) is 2. The van der Waals surface area contributed by atoms with E-state index in [1.54, 1.807) is 32.4 Å². The molecule has 0 saturated carbocycles. The first-order valence-electron chi connectivity index (χ1n) is 8.92. The van der Waals surface area contributed by atoms with Gasteiger partial charge in [0.05, 0.1) is 20.6 Å². The van der Waals surface area contributed by atoms with Crippen molar-refractivity contribution in [3.05, 3.63) is 53.6 Å². The summed E-state index contributed by atoms with van der Waals surface area (Å²) in [5.41, 5.74) is 2.40. The van der Waals surface area contributed by atoms with Gasteiger partial charge in [0.2, 0.25) is 11.8 Å². The van der Waals surface area contributed by atoms with Crippen molar-refractivity contribution in [2.75, 3.05) is 19.5 Å². The van der Waals surface area contributed by atoms with Crippen LogP contribution in [0.2, 0.25) is 0 Å². The number of hydrogen-bond acceptors (Lipinski definition) is 4. The Hall–Kier alpha value is -3.02. The lowest BCUT2D eigenvalue weighted by Gasteiger charge is -2.11. The van der Waals surface area contributed by atoms with Crippen LogP contribution in [0.4, 0.5) is 5.69 Å². The van der Waals surface area contributed by atoms with Crippen molar-refractivity contribution in [2.24, 2.45) is 0 Å². The molecule has 0 spiro atoms. The Morgan fingerprint density at radius 3 is 2.52 bits per heavy atom. The summed E-state index contributed by atoms with van der Waals surface area (Å²) in [6.07, 6.45) is 1.48. The third-order valence-corrected chi connectivity index (χ3v) is 4.02. The average molecular weight is 370 g/mol. The maximum atomic E-state index is 12.3. The predicted octanol–water partition coefficient (Wildman–Crippen LogP) is 3.30. The number of methoxy groups -OCH3 is 2. The van der Waals surface area contributed by atoms with Gasteiger partial charge < -0.3 is 20.1 Å². The van der Waals surface area contributed by atoms with E-state index in [0.29, 0.717) is 24.5 Å². The van der Waals surface area contributed by atoms with E-state index < -0.39 is 0 Å². The topological polar surface area (TPSA) is 76.7 Å². The number of hydrogen-bond donors (Lipinski definition) is 2. The Morgan fingerprint density at radius 2 is 1.81 bits per heavy atom. The summed E-state index contributed by atoms with van der Waals surface area (Å²) in [5, 5.41) is 5.75. The molecule has 2 rings (SSSR count). The number of anilines is 1. The van der Waals surface area contributed by atoms with Crippen molar-refractivity contribution in [2.45, 2.75) is 32.7 Å². The summed E-state index contributed by atoms with van der Waals surface area (Å²) in [5.74, 6) is 1.19. The molecule has 6 nitrogen and oxygen atoms in total. The monoisotopic (exact) mass is 370 g/mol. The van der Waals surface area contributed by atoms with Gasteiger partial charge in [0, 0.05) is 24.2 Å². The molecule has 0 saturated heterocycles. The van der Waals surface area contributed by atoms with Crippen molar-refractivity contribution in [3.8, 4) is 11.5 Å². The third kappa shape index (κ3) is 6.33. The fourth-order valence-corrected chi connectivity index (χ4v) is 2.67. The summed E-state index contributed by atoms with van der Waals surface area (Å²) in [7, 11) is 3.15. The summed E-state index contributed by atoms with van der Waals surface area (Å²) in [6, 6.07) is 12.8. The van der Waals surface area contributed by atoms with E-state index in [1.165, 1.54) is 0 Å². The molecule has 0 radical (unpaired) electrons. The van der Waals surface area contributed by atoms with Gasteiger partial charge in [-0.25, -0.2) is 0 Å². The number of rotatable bonds is 9. The maximum absolute atomic E-state index is 12.3. The molecule has 0 unspecified atom stereocenters. The Morgan fingerprint density at radius 1 is 1.00 bits per heavy atom. The van der Waals surface area contributed by atoms with Crippen LogP contribution in [-0.4, -0.2) is 26.0 Å². The first-order valence-corrected chi connectivity index (χ1v) is 8.92. The van der Waals surface area contributed by atoms with Crippen LogP contribution in [0.5, 0.6) is 11.5 Å². The molecule has 0 aliphatic rings. The summed E-state index contributed by atoms with van der Waals surface area (Å²) in [4.78, 5) is 24.0. The van der Waals surface area contributed by atoms with E-state index >= 15 is 0 Å². The van der Waals surface area contributed by atoms with Gasteiger partial charge in [-0.2, -0.15) is 0 Å². The highest BCUT2D eigenvalue weighted by Gasteiger charge is 2.10. The molecule has 2 aromatic carbocycles. The van der Waals surface area contributed by atoms with E-state index in [-0.39, 0.29) is 18.2 Å². The van der Waals surface area contributed by atoms with Crippen molar-refractivity contribution < 1.29 is 19.1 Å². The fourth-order valence-electron chi connectivity index (χ4n) is 2.67. The van der Waals surface area contributed by atoms with Gasteiger partial charge in [0.15, 0.2) is 0 Å². The quantitative estimate of drug-likeness (QED) is 0.710. The van der Waals surface area contributed by atoms with E-state index in [4.69, 9.17) is 9.47 Å². The molecule has 144 valence electrons. The van der Waals surface area contributed by atoms with Crippen molar-refractivity contribution in [3.63, 3.8) is 0 Å². The second kappa shape index (κ2) is 10.2. The molecule has 6 heteroatoms. The zero-order valence-corrected chi connectivity index (χ0v) is 16.0. The molecule has 0 bridgehead atoms. The summed E-state index contributed by atoms with van der Waals surface area (Å²) < 4.78 is 10.5. The lowest BCUT2D eigenvalue weighted by atomic mass is 10.1. The van der Waals surface area contributed by atoms with Gasteiger partial charge in [-0.1, -0.05) is 19.1 Å². The van der Waals surface area contributed by atoms with Gasteiger partial charge in [-0.3, -0.25) is 9.59 Å². The third-order valence-electron chi connectivity index (χ3n) is 4.02. The van der Waals surface area contributed by atoms with Gasteiger partial charge in [0.25, 0.3) is 0 Å². The molecule has 0 aromatic heterocycles. The molecule has 27 heavy (non-hydrogen) atoms. The molecular weight excluding hydrogens is 344 g/mol.